The molecule has 0 saturated carbocycles. The van der Waals surface area contributed by atoms with Crippen molar-refractivity contribution in [2.75, 3.05) is 18.4 Å². The molecule has 1 fully saturated rings. The van der Waals surface area contributed by atoms with E-state index < -0.39 is 0 Å². The van der Waals surface area contributed by atoms with Crippen molar-refractivity contribution in [1.29, 1.82) is 0 Å². The maximum absolute atomic E-state index is 12.3. The smallest absolute Gasteiger partial charge is 0.242 e. The maximum atomic E-state index is 12.3. The zero-order chi connectivity index (χ0) is 13.0. The van der Waals surface area contributed by atoms with Gasteiger partial charge >= 0.3 is 0 Å². The normalized spacial score (nSPS) is 19.8. The van der Waals surface area contributed by atoms with Gasteiger partial charge in [-0.2, -0.15) is 4.98 Å². The highest BCUT2D eigenvalue weighted by Crippen LogP contribution is 2.19. The first-order chi connectivity index (χ1) is 8.72. The van der Waals surface area contributed by atoms with Crippen molar-refractivity contribution in [2.24, 2.45) is 0 Å². The lowest BCUT2D eigenvalue weighted by Crippen LogP contribution is -2.47. The van der Waals surface area contributed by atoms with Crippen LogP contribution in [0.25, 0.3) is 0 Å². The predicted octanol–water partition coefficient (Wildman–Crippen LogP) is 2.61. The summed E-state index contributed by atoms with van der Waals surface area (Å²) in [6, 6.07) is -0.0187. The first-order valence-corrected chi connectivity index (χ1v) is 6.67. The number of anilines is 1. The minimum Gasteiger partial charge on any atom is -0.446 e. The minimum atomic E-state index is -0.0187. The van der Waals surface area contributed by atoms with E-state index in [4.69, 9.17) is 4.42 Å². The molecule has 0 radical (unpaired) electrons. The summed E-state index contributed by atoms with van der Waals surface area (Å²) >= 11 is 0. The Morgan fingerprint density at radius 1 is 1.58 bits per heavy atom. The highest BCUT2D eigenvalue weighted by Gasteiger charge is 2.28. The average molecular weight is 288 g/mol. The molecule has 2 heterocycles. The standard InChI is InChI=1S/C13H21N3O2.ClH/c1-3-7-16-8-5-4-6-11(16)13(17)15-12-10(2)18-9-14-12;/h9,11H,3-8H2,1-2H3,(H,15,17);1H/t11-;/m0./s1. The van der Waals surface area contributed by atoms with E-state index in [0.29, 0.717) is 11.6 Å². The molecular formula is C13H22ClN3O2. The van der Waals surface area contributed by atoms with Gasteiger partial charge in [-0.1, -0.05) is 13.3 Å². The first-order valence-electron chi connectivity index (χ1n) is 6.67. The molecule has 6 heteroatoms. The van der Waals surface area contributed by atoms with Gasteiger partial charge in [0.15, 0.2) is 12.2 Å². The topological polar surface area (TPSA) is 58.4 Å². The van der Waals surface area contributed by atoms with Crippen molar-refractivity contribution in [3.63, 3.8) is 0 Å². The molecule has 19 heavy (non-hydrogen) atoms. The van der Waals surface area contributed by atoms with Crippen LogP contribution in [-0.2, 0) is 4.79 Å². The number of oxazole rings is 1. The largest absolute Gasteiger partial charge is 0.446 e. The number of hydrogen-bond acceptors (Lipinski definition) is 4. The van der Waals surface area contributed by atoms with Crippen LogP contribution < -0.4 is 5.32 Å². The highest BCUT2D eigenvalue weighted by molar-refractivity contribution is 5.94. The van der Waals surface area contributed by atoms with Crippen LogP contribution in [0.1, 0.15) is 38.4 Å². The van der Waals surface area contributed by atoms with Crippen LogP contribution in [0.4, 0.5) is 5.82 Å². The number of rotatable bonds is 4. The molecule has 1 amide bonds. The number of aryl methyl sites for hydroxylation is 1. The van der Waals surface area contributed by atoms with Gasteiger partial charge in [0, 0.05) is 0 Å². The SMILES string of the molecule is CCCN1CCCC[C@H]1C(=O)Nc1ncoc1C.Cl. The second kappa shape index (κ2) is 7.50. The Balaban J connectivity index is 0.00000180. The molecule has 0 spiro atoms. The van der Waals surface area contributed by atoms with Crippen molar-refractivity contribution in [2.45, 2.75) is 45.6 Å². The fraction of sp³-hybridized carbons (Fsp3) is 0.692. The number of nitrogens with one attached hydrogen (secondary N) is 1. The summed E-state index contributed by atoms with van der Waals surface area (Å²) in [6.07, 6.45) is 5.67. The Kier molecular flexibility index (Phi) is 6.31. The predicted molar refractivity (Wildman–Crippen MR) is 76.6 cm³/mol. The Morgan fingerprint density at radius 3 is 3.00 bits per heavy atom. The minimum absolute atomic E-state index is 0. The second-order valence-electron chi connectivity index (χ2n) is 4.79. The molecule has 1 atom stereocenters. The van der Waals surface area contributed by atoms with Crippen LogP contribution in [0.3, 0.4) is 0 Å². The van der Waals surface area contributed by atoms with Crippen LogP contribution in [0.15, 0.2) is 10.8 Å². The second-order valence-corrected chi connectivity index (χ2v) is 4.79. The third-order valence-corrected chi connectivity index (χ3v) is 3.41. The summed E-state index contributed by atoms with van der Waals surface area (Å²) < 4.78 is 5.09. The van der Waals surface area contributed by atoms with Crippen LogP contribution in [0.2, 0.25) is 0 Å². The first kappa shape index (κ1) is 16.0. The molecule has 1 aliphatic heterocycles. The van der Waals surface area contributed by atoms with Crippen LogP contribution in [-0.4, -0.2) is 34.9 Å². The van der Waals surface area contributed by atoms with E-state index in [1.807, 2.05) is 0 Å². The number of likely N-dealkylation sites (tertiary alicyclic amines) is 1. The number of halogens is 1. The Hall–Kier alpha value is -1.07. The van der Waals surface area contributed by atoms with Gasteiger partial charge in [0.2, 0.25) is 5.91 Å². The van der Waals surface area contributed by atoms with Gasteiger partial charge < -0.3 is 9.73 Å². The van der Waals surface area contributed by atoms with E-state index in [9.17, 15) is 4.79 Å². The fourth-order valence-electron chi connectivity index (χ4n) is 2.47. The number of amides is 1. The average Bonchev–Trinajstić information content (AvgIpc) is 2.76. The molecular weight excluding hydrogens is 266 g/mol. The third-order valence-electron chi connectivity index (χ3n) is 3.41. The zero-order valence-corrected chi connectivity index (χ0v) is 12.3. The van der Waals surface area contributed by atoms with Gasteiger partial charge in [-0.25, -0.2) is 0 Å². The molecule has 1 aromatic heterocycles. The molecule has 1 aromatic rings. The summed E-state index contributed by atoms with van der Waals surface area (Å²) in [6.45, 7) is 5.94. The van der Waals surface area contributed by atoms with Crippen molar-refractivity contribution in [3.05, 3.63) is 12.2 Å². The van der Waals surface area contributed by atoms with E-state index in [1.165, 1.54) is 12.8 Å². The van der Waals surface area contributed by atoms with E-state index >= 15 is 0 Å². The zero-order valence-electron chi connectivity index (χ0n) is 11.5. The van der Waals surface area contributed by atoms with Crippen LogP contribution in [0.5, 0.6) is 0 Å². The van der Waals surface area contributed by atoms with E-state index in [1.54, 1.807) is 6.92 Å². The molecule has 2 rings (SSSR count). The molecule has 108 valence electrons. The lowest BCUT2D eigenvalue weighted by molar-refractivity contribution is -0.122. The molecule has 0 aromatic carbocycles. The number of aromatic nitrogens is 1. The molecule has 1 saturated heterocycles. The Labute approximate surface area is 120 Å². The summed E-state index contributed by atoms with van der Waals surface area (Å²) in [7, 11) is 0. The van der Waals surface area contributed by atoms with Crippen molar-refractivity contribution >= 4 is 24.1 Å². The summed E-state index contributed by atoms with van der Waals surface area (Å²) in [5, 5.41) is 2.86. The summed E-state index contributed by atoms with van der Waals surface area (Å²) in [4.78, 5) is 18.5. The quantitative estimate of drug-likeness (QED) is 0.925. The highest BCUT2D eigenvalue weighted by atomic mass is 35.5. The Morgan fingerprint density at radius 2 is 2.37 bits per heavy atom. The third kappa shape index (κ3) is 3.94. The van der Waals surface area contributed by atoms with Crippen molar-refractivity contribution in [3.8, 4) is 0 Å². The number of carbonyl (C=O) groups is 1. The monoisotopic (exact) mass is 287 g/mol. The molecule has 0 bridgehead atoms. The van der Waals surface area contributed by atoms with Crippen LogP contribution >= 0.6 is 12.4 Å². The molecule has 0 unspecified atom stereocenters. The number of hydrogen-bond donors (Lipinski definition) is 1. The van der Waals surface area contributed by atoms with Gasteiger partial charge in [0.25, 0.3) is 0 Å². The molecule has 5 nitrogen and oxygen atoms in total. The number of piperidine rings is 1. The van der Waals surface area contributed by atoms with Gasteiger partial charge in [0.05, 0.1) is 6.04 Å². The van der Waals surface area contributed by atoms with Gasteiger partial charge in [0.1, 0.15) is 5.76 Å². The number of nitrogens with zero attached hydrogens (tertiary/aromatic N) is 2. The summed E-state index contributed by atoms with van der Waals surface area (Å²) in [5.41, 5.74) is 0. The van der Waals surface area contributed by atoms with E-state index in [2.05, 4.69) is 22.1 Å². The molecule has 1 N–H and O–H groups in total. The maximum Gasteiger partial charge on any atom is 0.242 e. The molecule has 0 aliphatic carbocycles. The lowest BCUT2D eigenvalue weighted by atomic mass is 10.0. The fourth-order valence-corrected chi connectivity index (χ4v) is 2.47. The lowest BCUT2D eigenvalue weighted by Gasteiger charge is -2.34. The van der Waals surface area contributed by atoms with Crippen LogP contribution in [0, 0.1) is 6.92 Å². The molecule has 1 aliphatic rings. The van der Waals surface area contributed by atoms with Gasteiger partial charge in [-0.3, -0.25) is 9.69 Å². The van der Waals surface area contributed by atoms with Crippen molar-refractivity contribution < 1.29 is 9.21 Å². The Bertz CT molecular complexity index is 406. The van der Waals surface area contributed by atoms with Crippen molar-refractivity contribution in [1.82, 2.24) is 9.88 Å². The number of carbonyl (C=O) groups excluding carboxylic acids is 1. The van der Waals surface area contributed by atoms with Gasteiger partial charge in [-0.15, -0.1) is 12.4 Å². The summed E-state index contributed by atoms with van der Waals surface area (Å²) in [5.74, 6) is 1.24. The van der Waals surface area contributed by atoms with Gasteiger partial charge in [-0.05, 0) is 39.3 Å². The van der Waals surface area contributed by atoms with E-state index in [0.717, 1.165) is 32.4 Å². The van der Waals surface area contributed by atoms with E-state index in [-0.39, 0.29) is 24.4 Å².